The zero-order valence-corrected chi connectivity index (χ0v) is 19.4. The van der Waals surface area contributed by atoms with Crippen LogP contribution >= 0.6 is 0 Å². The molecule has 0 saturated heterocycles. The number of hydrogen-bond donors (Lipinski definition) is 0. The van der Waals surface area contributed by atoms with Crippen molar-refractivity contribution in [1.29, 1.82) is 0 Å². The number of aliphatic imine (C=N–C) groups is 1. The molecule has 1 aliphatic heterocycles. The number of allylic oxidation sites excluding steroid dienone is 1. The molecule has 1 aliphatic rings. The maximum atomic E-state index is 5.91. The average molecular weight is 427 g/mol. The summed E-state index contributed by atoms with van der Waals surface area (Å²) in [7, 11) is 1.65. The Kier molecular flexibility index (Phi) is 6.04. The van der Waals surface area contributed by atoms with Crippen molar-refractivity contribution in [2.75, 3.05) is 18.6 Å². The normalized spacial score (nSPS) is 14.8. The van der Waals surface area contributed by atoms with Crippen LogP contribution < -0.4 is 14.4 Å². The predicted molar refractivity (Wildman–Crippen MR) is 134 cm³/mol. The van der Waals surface area contributed by atoms with E-state index in [9.17, 15) is 0 Å². The van der Waals surface area contributed by atoms with Crippen LogP contribution in [0, 0.1) is 0 Å². The van der Waals surface area contributed by atoms with Crippen LogP contribution in [0.15, 0.2) is 77.8 Å². The van der Waals surface area contributed by atoms with Crippen molar-refractivity contribution < 1.29 is 9.47 Å². The van der Waals surface area contributed by atoms with Gasteiger partial charge < -0.3 is 14.4 Å². The quantitative estimate of drug-likeness (QED) is 0.389. The van der Waals surface area contributed by atoms with Crippen LogP contribution in [-0.2, 0) is 0 Å². The monoisotopic (exact) mass is 426 g/mol. The highest BCUT2D eigenvalue weighted by molar-refractivity contribution is 5.88. The molecule has 0 aromatic heterocycles. The summed E-state index contributed by atoms with van der Waals surface area (Å²) < 4.78 is 11.2. The molecule has 0 atom stereocenters. The van der Waals surface area contributed by atoms with E-state index in [1.165, 1.54) is 16.8 Å². The highest BCUT2D eigenvalue weighted by Gasteiger charge is 2.29. The predicted octanol–water partition coefficient (Wildman–Crippen LogP) is 7.26. The summed E-state index contributed by atoms with van der Waals surface area (Å²) in [6.07, 6.45) is 4.27. The lowest BCUT2D eigenvalue weighted by Crippen LogP contribution is -2.44. The SMILES string of the molecule is CCN1c2ccc(C=Nc3ccc(Oc4cccc(OC)c4)cc3)cc2C(C)=CC1(C)C. The first kappa shape index (κ1) is 21.7. The first-order valence-corrected chi connectivity index (χ1v) is 11.0. The smallest absolute Gasteiger partial charge is 0.131 e. The lowest BCUT2D eigenvalue weighted by molar-refractivity contribution is 0.409. The molecule has 0 N–H and O–H groups in total. The van der Waals surface area contributed by atoms with Gasteiger partial charge in [0.25, 0.3) is 0 Å². The summed E-state index contributed by atoms with van der Waals surface area (Å²) in [6, 6.07) is 21.9. The van der Waals surface area contributed by atoms with Crippen molar-refractivity contribution in [2.24, 2.45) is 4.99 Å². The zero-order chi connectivity index (χ0) is 22.7. The molecule has 0 radical (unpaired) electrons. The second-order valence-electron chi connectivity index (χ2n) is 8.54. The Bertz CT molecular complexity index is 1160. The topological polar surface area (TPSA) is 34.1 Å². The lowest BCUT2D eigenvalue weighted by atomic mass is 9.88. The third-order valence-corrected chi connectivity index (χ3v) is 5.79. The molecule has 0 amide bonds. The summed E-state index contributed by atoms with van der Waals surface area (Å²) in [5.41, 5.74) is 5.86. The number of benzene rings is 3. The maximum absolute atomic E-state index is 5.91. The summed E-state index contributed by atoms with van der Waals surface area (Å²) in [5, 5.41) is 0. The minimum atomic E-state index is 0.0239. The number of likely N-dealkylation sites (N-methyl/N-ethyl adjacent to an activating group) is 1. The molecule has 32 heavy (non-hydrogen) atoms. The Morgan fingerprint density at radius 1 is 0.938 bits per heavy atom. The highest BCUT2D eigenvalue weighted by Crippen LogP contribution is 2.39. The van der Waals surface area contributed by atoms with Gasteiger partial charge in [0, 0.05) is 30.1 Å². The van der Waals surface area contributed by atoms with Crippen LogP contribution in [0.5, 0.6) is 17.2 Å². The van der Waals surface area contributed by atoms with E-state index in [1.807, 2.05) is 54.7 Å². The Morgan fingerprint density at radius 2 is 1.69 bits per heavy atom. The minimum absolute atomic E-state index is 0.0239. The van der Waals surface area contributed by atoms with Crippen molar-refractivity contribution in [1.82, 2.24) is 0 Å². The second-order valence-corrected chi connectivity index (χ2v) is 8.54. The first-order chi connectivity index (χ1) is 15.4. The minimum Gasteiger partial charge on any atom is -0.497 e. The van der Waals surface area contributed by atoms with Crippen LogP contribution in [0.1, 0.15) is 38.8 Å². The van der Waals surface area contributed by atoms with E-state index >= 15 is 0 Å². The van der Waals surface area contributed by atoms with Gasteiger partial charge in [0.05, 0.1) is 18.3 Å². The number of ether oxygens (including phenoxy) is 2. The molecule has 0 aliphatic carbocycles. The Morgan fingerprint density at radius 3 is 2.41 bits per heavy atom. The van der Waals surface area contributed by atoms with Crippen LogP contribution in [0.4, 0.5) is 11.4 Å². The van der Waals surface area contributed by atoms with Crippen molar-refractivity contribution >= 4 is 23.2 Å². The van der Waals surface area contributed by atoms with Crippen molar-refractivity contribution in [2.45, 2.75) is 33.2 Å². The molecule has 1 heterocycles. The van der Waals surface area contributed by atoms with E-state index in [0.717, 1.165) is 35.0 Å². The fourth-order valence-corrected chi connectivity index (χ4v) is 4.31. The molecule has 3 aromatic carbocycles. The Hall–Kier alpha value is -3.53. The van der Waals surface area contributed by atoms with Crippen molar-refractivity contribution in [3.05, 3.63) is 83.9 Å². The van der Waals surface area contributed by atoms with Gasteiger partial charge in [-0.25, -0.2) is 0 Å². The Labute approximate surface area is 190 Å². The summed E-state index contributed by atoms with van der Waals surface area (Å²) >= 11 is 0. The number of nitrogens with zero attached hydrogens (tertiary/aromatic N) is 2. The molecule has 0 fully saturated rings. The van der Waals surface area contributed by atoms with Gasteiger partial charge in [0.15, 0.2) is 0 Å². The van der Waals surface area contributed by atoms with E-state index in [1.54, 1.807) is 7.11 Å². The highest BCUT2D eigenvalue weighted by atomic mass is 16.5. The number of methoxy groups -OCH3 is 1. The largest absolute Gasteiger partial charge is 0.497 e. The van der Waals surface area contributed by atoms with Crippen LogP contribution in [0.25, 0.3) is 5.57 Å². The maximum Gasteiger partial charge on any atom is 0.131 e. The van der Waals surface area contributed by atoms with Gasteiger partial charge in [-0.15, -0.1) is 0 Å². The van der Waals surface area contributed by atoms with Crippen molar-refractivity contribution in [3.63, 3.8) is 0 Å². The fourth-order valence-electron chi connectivity index (χ4n) is 4.31. The molecule has 164 valence electrons. The molecule has 0 spiro atoms. The third kappa shape index (κ3) is 4.54. The van der Waals surface area contributed by atoms with E-state index < -0.39 is 0 Å². The lowest BCUT2D eigenvalue weighted by Gasteiger charge is -2.42. The molecule has 3 aromatic rings. The molecule has 4 nitrogen and oxygen atoms in total. The van der Waals surface area contributed by atoms with E-state index in [4.69, 9.17) is 9.47 Å². The number of rotatable bonds is 6. The third-order valence-electron chi connectivity index (χ3n) is 5.79. The van der Waals surface area contributed by atoms with Crippen LogP contribution in [-0.4, -0.2) is 25.4 Å². The second kappa shape index (κ2) is 8.91. The van der Waals surface area contributed by atoms with Gasteiger partial charge >= 0.3 is 0 Å². The van der Waals surface area contributed by atoms with E-state index in [2.05, 4.69) is 61.9 Å². The summed E-state index contributed by atoms with van der Waals surface area (Å²) in [5.74, 6) is 2.26. The van der Waals surface area contributed by atoms with Gasteiger partial charge in [0.1, 0.15) is 17.2 Å². The number of anilines is 1. The average Bonchev–Trinajstić information content (AvgIpc) is 2.78. The molecule has 0 unspecified atom stereocenters. The molecular weight excluding hydrogens is 396 g/mol. The molecule has 0 saturated carbocycles. The van der Waals surface area contributed by atoms with E-state index in [-0.39, 0.29) is 5.54 Å². The summed E-state index contributed by atoms with van der Waals surface area (Å²) in [4.78, 5) is 7.10. The fraction of sp³-hybridized carbons (Fsp3) is 0.250. The summed E-state index contributed by atoms with van der Waals surface area (Å²) in [6.45, 7) is 9.90. The van der Waals surface area contributed by atoms with Crippen LogP contribution in [0.2, 0.25) is 0 Å². The van der Waals surface area contributed by atoms with Crippen LogP contribution in [0.3, 0.4) is 0 Å². The van der Waals surface area contributed by atoms with E-state index in [0.29, 0.717) is 0 Å². The Balaban J connectivity index is 1.50. The van der Waals surface area contributed by atoms with Gasteiger partial charge in [-0.05, 0) is 87.4 Å². The number of hydrogen-bond acceptors (Lipinski definition) is 4. The molecular formula is C28H30N2O2. The van der Waals surface area contributed by atoms with Gasteiger partial charge in [-0.2, -0.15) is 0 Å². The standard InChI is InChI=1S/C28H30N2O2/c1-6-30-27-15-10-21(16-26(27)20(2)18-28(30,3)4)19-29-22-11-13-23(14-12-22)32-25-9-7-8-24(17-25)31-5/h7-19H,6H2,1-5H3. The number of fused-ring (bicyclic) bond motifs is 1. The zero-order valence-electron chi connectivity index (χ0n) is 19.4. The molecule has 4 heteroatoms. The van der Waals surface area contributed by atoms with Crippen molar-refractivity contribution in [3.8, 4) is 17.2 Å². The molecule has 0 bridgehead atoms. The van der Waals surface area contributed by atoms with Gasteiger partial charge in [0.2, 0.25) is 0 Å². The van der Waals surface area contributed by atoms with Gasteiger partial charge in [-0.3, -0.25) is 4.99 Å². The first-order valence-electron chi connectivity index (χ1n) is 11.0. The molecule has 4 rings (SSSR count). The van der Waals surface area contributed by atoms with Gasteiger partial charge in [-0.1, -0.05) is 18.2 Å².